The average Bonchev–Trinajstić information content (AvgIpc) is 2.74. The minimum absolute atomic E-state index is 0.310. The van der Waals surface area contributed by atoms with Gasteiger partial charge in [0.2, 0.25) is 0 Å². The molecule has 0 spiro atoms. The summed E-state index contributed by atoms with van der Waals surface area (Å²) in [7, 11) is -1.40. The van der Waals surface area contributed by atoms with Gasteiger partial charge in [-0.1, -0.05) is 38.3 Å². The Morgan fingerprint density at radius 3 is 2.27 bits per heavy atom. The van der Waals surface area contributed by atoms with Crippen molar-refractivity contribution in [1.82, 2.24) is 4.90 Å². The Balaban J connectivity index is 1.54. The number of sulfonamides is 1. The summed E-state index contributed by atoms with van der Waals surface area (Å²) in [6, 6.07) is 15.0. The van der Waals surface area contributed by atoms with Gasteiger partial charge in [-0.3, -0.25) is 4.72 Å². The standard InChI is InChI=1S/C24H34N2O2S2/c1-3-4-5-6-7-20-8-14-24(15-9-20)30(27,28)25-21-10-12-22(13-11-21)29-23-16-18-26(2)19-17-23/h8-15,23,25H,3-7,16-19H2,1-2H3. The first-order valence-corrected chi connectivity index (χ1v) is 13.4. The number of nitrogens with zero attached hydrogens (tertiary/aromatic N) is 1. The summed E-state index contributed by atoms with van der Waals surface area (Å²) < 4.78 is 28.2. The molecule has 0 amide bonds. The van der Waals surface area contributed by atoms with Crippen molar-refractivity contribution in [3.05, 3.63) is 54.1 Å². The number of anilines is 1. The number of likely N-dealkylation sites (tertiary alicyclic amines) is 1. The van der Waals surface area contributed by atoms with E-state index >= 15 is 0 Å². The SMILES string of the molecule is CCCCCCc1ccc(S(=O)(=O)Nc2ccc(SC3CCN(C)CC3)cc2)cc1. The normalized spacial score (nSPS) is 15.9. The quantitative estimate of drug-likeness (QED) is 0.469. The van der Waals surface area contributed by atoms with E-state index in [2.05, 4.69) is 23.6 Å². The monoisotopic (exact) mass is 446 g/mol. The number of hydrogen-bond acceptors (Lipinski definition) is 4. The lowest BCUT2D eigenvalue weighted by Gasteiger charge is -2.28. The molecule has 0 unspecified atom stereocenters. The maximum atomic E-state index is 12.7. The van der Waals surface area contributed by atoms with E-state index in [0.717, 1.165) is 25.9 Å². The first-order chi connectivity index (χ1) is 14.5. The van der Waals surface area contributed by atoms with E-state index in [1.165, 1.54) is 42.6 Å². The Bertz CT molecular complexity index is 872. The summed E-state index contributed by atoms with van der Waals surface area (Å²) in [5, 5.41) is 0.643. The van der Waals surface area contributed by atoms with Crippen molar-refractivity contribution in [1.29, 1.82) is 0 Å². The lowest BCUT2D eigenvalue weighted by atomic mass is 10.1. The Hall–Kier alpha value is -1.50. The number of thioether (sulfide) groups is 1. The number of aryl methyl sites for hydroxylation is 1. The van der Waals surface area contributed by atoms with Crippen molar-refractivity contribution in [3.63, 3.8) is 0 Å². The molecule has 2 aromatic rings. The van der Waals surface area contributed by atoms with Gasteiger partial charge in [-0.15, -0.1) is 11.8 Å². The number of piperidine rings is 1. The lowest BCUT2D eigenvalue weighted by molar-refractivity contribution is 0.282. The molecule has 164 valence electrons. The van der Waals surface area contributed by atoms with Gasteiger partial charge in [-0.25, -0.2) is 8.42 Å². The Kier molecular flexibility index (Phi) is 8.66. The zero-order valence-corrected chi connectivity index (χ0v) is 19.8. The Morgan fingerprint density at radius 2 is 1.63 bits per heavy atom. The molecule has 0 bridgehead atoms. The molecule has 1 heterocycles. The van der Waals surface area contributed by atoms with E-state index in [1.54, 1.807) is 12.1 Å². The molecular formula is C24H34N2O2S2. The van der Waals surface area contributed by atoms with Crippen LogP contribution in [0.4, 0.5) is 5.69 Å². The topological polar surface area (TPSA) is 49.4 Å². The summed E-state index contributed by atoms with van der Waals surface area (Å²) in [6.45, 7) is 4.49. The molecule has 0 atom stereocenters. The van der Waals surface area contributed by atoms with Gasteiger partial charge in [0.1, 0.15) is 0 Å². The van der Waals surface area contributed by atoms with Gasteiger partial charge >= 0.3 is 0 Å². The molecule has 2 aromatic carbocycles. The van der Waals surface area contributed by atoms with E-state index in [0.29, 0.717) is 15.8 Å². The lowest BCUT2D eigenvalue weighted by Crippen LogP contribution is -2.31. The summed E-state index contributed by atoms with van der Waals surface area (Å²) in [5.74, 6) is 0. The van der Waals surface area contributed by atoms with Gasteiger partial charge in [-0.05, 0) is 87.8 Å². The fraction of sp³-hybridized carbons (Fsp3) is 0.500. The highest BCUT2D eigenvalue weighted by atomic mass is 32.2. The smallest absolute Gasteiger partial charge is 0.261 e. The molecule has 0 radical (unpaired) electrons. The van der Waals surface area contributed by atoms with Crippen molar-refractivity contribution < 1.29 is 8.42 Å². The highest BCUT2D eigenvalue weighted by Gasteiger charge is 2.18. The average molecular weight is 447 g/mol. The molecule has 4 nitrogen and oxygen atoms in total. The van der Waals surface area contributed by atoms with Crippen molar-refractivity contribution in [2.24, 2.45) is 0 Å². The van der Waals surface area contributed by atoms with Crippen molar-refractivity contribution in [3.8, 4) is 0 Å². The first-order valence-electron chi connectivity index (χ1n) is 11.0. The van der Waals surface area contributed by atoms with Crippen molar-refractivity contribution >= 4 is 27.5 Å². The Labute approximate surface area is 186 Å². The van der Waals surface area contributed by atoms with E-state index in [-0.39, 0.29) is 0 Å². The van der Waals surface area contributed by atoms with Crippen LogP contribution >= 0.6 is 11.8 Å². The van der Waals surface area contributed by atoms with Crippen LogP contribution in [-0.4, -0.2) is 38.7 Å². The van der Waals surface area contributed by atoms with E-state index < -0.39 is 10.0 Å². The maximum absolute atomic E-state index is 12.7. The molecule has 1 aliphatic heterocycles. The van der Waals surface area contributed by atoms with Crippen LogP contribution in [0.15, 0.2) is 58.3 Å². The molecule has 0 aromatic heterocycles. The van der Waals surface area contributed by atoms with Crippen LogP contribution in [0.1, 0.15) is 51.0 Å². The van der Waals surface area contributed by atoms with Crippen LogP contribution in [0, 0.1) is 0 Å². The van der Waals surface area contributed by atoms with Crippen LogP contribution in [0.3, 0.4) is 0 Å². The van der Waals surface area contributed by atoms with Gasteiger partial charge in [0, 0.05) is 15.8 Å². The third-order valence-corrected chi connectivity index (χ3v) is 8.37. The predicted octanol–water partition coefficient (Wildman–Crippen LogP) is 5.80. The fourth-order valence-electron chi connectivity index (χ4n) is 3.70. The fourth-order valence-corrected chi connectivity index (χ4v) is 5.89. The Morgan fingerprint density at radius 1 is 0.967 bits per heavy atom. The van der Waals surface area contributed by atoms with Gasteiger partial charge in [0.05, 0.1) is 4.90 Å². The van der Waals surface area contributed by atoms with E-state index in [1.807, 2.05) is 48.2 Å². The maximum Gasteiger partial charge on any atom is 0.261 e. The highest BCUT2D eigenvalue weighted by molar-refractivity contribution is 8.00. The van der Waals surface area contributed by atoms with E-state index in [4.69, 9.17) is 0 Å². The molecule has 3 rings (SSSR count). The minimum atomic E-state index is -3.57. The molecule has 1 saturated heterocycles. The van der Waals surface area contributed by atoms with Gasteiger partial charge < -0.3 is 4.90 Å². The molecule has 6 heteroatoms. The molecular weight excluding hydrogens is 412 g/mol. The van der Waals surface area contributed by atoms with Gasteiger partial charge in [0.25, 0.3) is 10.0 Å². The molecule has 1 N–H and O–H groups in total. The largest absolute Gasteiger partial charge is 0.306 e. The molecule has 30 heavy (non-hydrogen) atoms. The van der Waals surface area contributed by atoms with Crippen LogP contribution in [0.5, 0.6) is 0 Å². The summed E-state index contributed by atoms with van der Waals surface area (Å²) in [5.41, 5.74) is 1.80. The number of hydrogen-bond donors (Lipinski definition) is 1. The molecule has 1 aliphatic rings. The number of rotatable bonds is 10. The second-order valence-corrected chi connectivity index (χ2v) is 11.3. The van der Waals surface area contributed by atoms with Crippen molar-refractivity contribution in [2.75, 3.05) is 24.9 Å². The zero-order valence-electron chi connectivity index (χ0n) is 18.1. The van der Waals surface area contributed by atoms with Crippen LogP contribution in [0.25, 0.3) is 0 Å². The molecule has 0 saturated carbocycles. The second-order valence-electron chi connectivity index (χ2n) is 8.20. The van der Waals surface area contributed by atoms with Gasteiger partial charge in [0.15, 0.2) is 0 Å². The predicted molar refractivity (Wildman–Crippen MR) is 128 cm³/mol. The number of benzene rings is 2. The van der Waals surface area contributed by atoms with E-state index in [9.17, 15) is 8.42 Å². The summed E-state index contributed by atoms with van der Waals surface area (Å²) in [6.07, 6.45) is 8.26. The summed E-state index contributed by atoms with van der Waals surface area (Å²) >= 11 is 1.90. The minimum Gasteiger partial charge on any atom is -0.306 e. The third kappa shape index (κ3) is 7.03. The zero-order chi connectivity index (χ0) is 21.4. The van der Waals surface area contributed by atoms with Gasteiger partial charge in [-0.2, -0.15) is 0 Å². The van der Waals surface area contributed by atoms with Crippen LogP contribution < -0.4 is 4.72 Å². The number of unbranched alkanes of at least 4 members (excludes halogenated alkanes) is 3. The number of nitrogens with one attached hydrogen (secondary N) is 1. The molecule has 1 fully saturated rings. The second kappa shape index (κ2) is 11.2. The first kappa shape index (κ1) is 23.2. The third-order valence-electron chi connectivity index (χ3n) is 5.63. The van der Waals surface area contributed by atoms with Crippen LogP contribution in [0.2, 0.25) is 0 Å². The summed E-state index contributed by atoms with van der Waals surface area (Å²) in [4.78, 5) is 3.87. The molecule has 0 aliphatic carbocycles. The van der Waals surface area contributed by atoms with Crippen molar-refractivity contribution in [2.45, 2.75) is 66.9 Å². The highest BCUT2D eigenvalue weighted by Crippen LogP contribution is 2.31. The van der Waals surface area contributed by atoms with Crippen LogP contribution in [-0.2, 0) is 16.4 Å².